The Morgan fingerprint density at radius 1 is 1.07 bits per heavy atom. The van der Waals surface area contributed by atoms with Crippen LogP contribution in [0.5, 0.6) is 0 Å². The Morgan fingerprint density at radius 2 is 1.71 bits per heavy atom. The van der Waals surface area contributed by atoms with Gasteiger partial charge in [0.05, 0.1) is 28.4 Å². The van der Waals surface area contributed by atoms with Crippen LogP contribution in [0.3, 0.4) is 0 Å². The predicted octanol–water partition coefficient (Wildman–Crippen LogP) is 3.60. The molecule has 0 spiro atoms. The van der Waals surface area contributed by atoms with E-state index in [-0.39, 0.29) is 30.6 Å². The predicted molar refractivity (Wildman–Crippen MR) is 168 cm³/mol. The largest absolute Gasteiger partial charge is 0.455 e. The molecular weight excluding hydrogens is 620 g/mol. The maximum atomic E-state index is 15.3. The summed E-state index contributed by atoms with van der Waals surface area (Å²) in [5, 5.41) is 24.5. The van der Waals surface area contributed by atoms with Crippen molar-refractivity contribution < 1.29 is 48.3 Å². The highest BCUT2D eigenvalue weighted by Gasteiger charge is 2.78. The monoisotopic (exact) mass is 660 g/mol. The van der Waals surface area contributed by atoms with Crippen LogP contribution in [0.4, 0.5) is 0 Å². The number of aliphatic hydroxyl groups excluding tert-OH is 1. The molecule has 5 rings (SSSR count). The standard InChI is InChI=1S/C33H40O10S2/c1-16-21(36)14-33(39)27(42-28(38)19-11-9-8-10-12-19)25-31(6,26(37)24(41-17(2)34)23(16)30(33,4)5)20(29(44)45-7)13-22-32(25,15-40-22)43-18(3)35/h8-12,20-22,24-25,27,36,39H,13-15H2,1-7H3/t20-,21?,22-,24-,25+,27+,31-,32+,33-/m1/s1. The van der Waals surface area contributed by atoms with E-state index in [1.807, 2.05) is 0 Å². The molecule has 1 saturated heterocycles. The zero-order valence-corrected chi connectivity index (χ0v) is 28.1. The number of ether oxygens (including phenoxy) is 4. The molecule has 1 aliphatic heterocycles. The van der Waals surface area contributed by atoms with Crippen molar-refractivity contribution in [1.29, 1.82) is 0 Å². The van der Waals surface area contributed by atoms with Crippen molar-refractivity contribution in [2.24, 2.45) is 22.7 Å². The molecular formula is C33H40O10S2. The maximum Gasteiger partial charge on any atom is 0.338 e. The second-order valence-corrected chi connectivity index (χ2v) is 14.9. The van der Waals surface area contributed by atoms with E-state index in [1.165, 1.54) is 25.6 Å². The van der Waals surface area contributed by atoms with Crippen LogP contribution in [0, 0.1) is 22.7 Å². The minimum atomic E-state index is -2.06. The molecule has 9 atom stereocenters. The van der Waals surface area contributed by atoms with Gasteiger partial charge in [0.25, 0.3) is 0 Å². The smallest absolute Gasteiger partial charge is 0.338 e. The van der Waals surface area contributed by atoms with Gasteiger partial charge < -0.3 is 29.2 Å². The van der Waals surface area contributed by atoms with Crippen LogP contribution in [0.15, 0.2) is 41.5 Å². The van der Waals surface area contributed by atoms with E-state index >= 15 is 4.79 Å². The molecule has 3 aliphatic carbocycles. The fourth-order valence-corrected chi connectivity index (χ4v) is 9.38. The van der Waals surface area contributed by atoms with Gasteiger partial charge in [0.1, 0.15) is 17.8 Å². The SMILES string of the molecule is CSC(=S)[C@H]1C[C@H]2OC[C@@]2(OC(C)=O)[C@H]2[C@H](OC(=O)c3ccccc3)[C@]3(O)CC(O)C(C)=C([C@@H](OC(C)=O)C(=O)[C@]12C)C3(C)C. The zero-order valence-electron chi connectivity index (χ0n) is 26.4. The van der Waals surface area contributed by atoms with Crippen LogP contribution >= 0.6 is 24.0 Å². The molecule has 1 aromatic carbocycles. The average Bonchev–Trinajstić information content (AvgIpc) is 2.96. The molecule has 12 heteroatoms. The van der Waals surface area contributed by atoms with Crippen LogP contribution < -0.4 is 0 Å². The van der Waals surface area contributed by atoms with Crippen molar-refractivity contribution in [3.8, 4) is 0 Å². The number of fused-ring (bicyclic) bond motifs is 5. The van der Waals surface area contributed by atoms with Crippen LogP contribution in [0.25, 0.3) is 0 Å². The Kier molecular flexibility index (Phi) is 8.66. The number of carbonyl (C=O) groups is 4. The van der Waals surface area contributed by atoms with Gasteiger partial charge >= 0.3 is 17.9 Å². The number of hydrogen-bond donors (Lipinski definition) is 2. The Balaban J connectivity index is 1.89. The molecule has 0 aromatic heterocycles. The minimum absolute atomic E-state index is 0.137. The molecule has 4 aliphatic rings. The Morgan fingerprint density at radius 3 is 2.24 bits per heavy atom. The van der Waals surface area contributed by atoms with E-state index in [9.17, 15) is 24.6 Å². The molecule has 2 N–H and O–H groups in total. The molecule has 0 amide bonds. The quantitative estimate of drug-likeness (QED) is 0.206. The third-order valence-corrected chi connectivity index (χ3v) is 12.2. The van der Waals surface area contributed by atoms with Crippen LogP contribution in [0.2, 0.25) is 0 Å². The molecule has 2 saturated carbocycles. The lowest BCUT2D eigenvalue weighted by atomic mass is 9.43. The molecule has 0 radical (unpaired) electrons. The van der Waals surface area contributed by atoms with Crippen LogP contribution in [-0.2, 0) is 33.3 Å². The van der Waals surface area contributed by atoms with Crippen molar-refractivity contribution >= 4 is 51.9 Å². The summed E-state index contributed by atoms with van der Waals surface area (Å²) in [5.74, 6) is -4.65. The van der Waals surface area contributed by atoms with Crippen molar-refractivity contribution in [3.63, 3.8) is 0 Å². The zero-order chi connectivity index (χ0) is 33.3. The van der Waals surface area contributed by atoms with E-state index in [0.717, 1.165) is 0 Å². The molecule has 2 bridgehead atoms. The second kappa shape index (κ2) is 11.6. The van der Waals surface area contributed by atoms with E-state index < -0.39 is 82.0 Å². The maximum absolute atomic E-state index is 15.3. The summed E-state index contributed by atoms with van der Waals surface area (Å²) in [6.07, 6.45) is -3.37. The molecule has 1 heterocycles. The van der Waals surface area contributed by atoms with Gasteiger partial charge in [-0.25, -0.2) is 4.79 Å². The summed E-state index contributed by atoms with van der Waals surface area (Å²) in [6.45, 7) is 8.94. The van der Waals surface area contributed by atoms with Crippen molar-refractivity contribution in [3.05, 3.63) is 47.0 Å². The molecule has 244 valence electrons. The molecule has 3 fully saturated rings. The normalized spacial score (nSPS) is 38.4. The summed E-state index contributed by atoms with van der Waals surface area (Å²) in [7, 11) is 0. The van der Waals surface area contributed by atoms with Crippen LogP contribution in [-0.4, -0.2) is 86.6 Å². The van der Waals surface area contributed by atoms with Gasteiger partial charge in [-0.3, -0.25) is 14.4 Å². The highest BCUT2D eigenvalue weighted by Crippen LogP contribution is 2.66. The lowest BCUT2D eigenvalue weighted by molar-refractivity contribution is -0.337. The number of aliphatic hydroxyl groups is 2. The number of carbonyl (C=O) groups excluding carboxylic acids is 4. The third-order valence-electron chi connectivity index (χ3n) is 10.7. The third kappa shape index (κ3) is 4.90. The van der Waals surface area contributed by atoms with Gasteiger partial charge in [0.15, 0.2) is 17.5 Å². The lowest BCUT2D eigenvalue weighted by Crippen LogP contribution is -2.81. The number of ketones is 1. The number of rotatable bonds is 5. The van der Waals surface area contributed by atoms with Gasteiger partial charge in [-0.15, -0.1) is 11.8 Å². The minimum Gasteiger partial charge on any atom is -0.455 e. The molecule has 1 unspecified atom stereocenters. The van der Waals surface area contributed by atoms with Gasteiger partial charge in [0, 0.05) is 37.0 Å². The van der Waals surface area contributed by atoms with Gasteiger partial charge in [-0.1, -0.05) is 51.2 Å². The fraction of sp³-hybridized carbons (Fsp3) is 0.606. The average molecular weight is 661 g/mol. The number of thioether (sulfide) groups is 1. The number of Topliss-reactive ketones (excluding diaryl/α,β-unsaturated/α-hetero) is 1. The lowest BCUT2D eigenvalue weighted by Gasteiger charge is -2.68. The number of esters is 3. The van der Waals surface area contributed by atoms with Gasteiger partial charge in [0.2, 0.25) is 0 Å². The van der Waals surface area contributed by atoms with E-state index in [0.29, 0.717) is 9.77 Å². The summed E-state index contributed by atoms with van der Waals surface area (Å²) >= 11 is 7.12. The first-order valence-corrected chi connectivity index (χ1v) is 16.6. The summed E-state index contributed by atoms with van der Waals surface area (Å²) in [5.41, 5.74) is -5.80. The van der Waals surface area contributed by atoms with Crippen molar-refractivity contribution in [2.45, 2.75) is 90.0 Å². The topological polar surface area (TPSA) is 146 Å². The molecule has 45 heavy (non-hydrogen) atoms. The van der Waals surface area contributed by atoms with Gasteiger partial charge in [-0.05, 0) is 42.9 Å². The number of thiocarbonyl (C=S) groups is 1. The van der Waals surface area contributed by atoms with Crippen molar-refractivity contribution in [2.75, 3.05) is 12.9 Å². The Labute approximate surface area is 272 Å². The van der Waals surface area contributed by atoms with Crippen molar-refractivity contribution in [1.82, 2.24) is 0 Å². The summed E-state index contributed by atoms with van der Waals surface area (Å²) < 4.78 is 24.7. The van der Waals surface area contributed by atoms with E-state index in [1.54, 1.807) is 64.3 Å². The first-order chi connectivity index (χ1) is 21.0. The Bertz CT molecular complexity index is 1470. The molecule has 1 aromatic rings. The summed E-state index contributed by atoms with van der Waals surface area (Å²) in [6, 6.07) is 8.21. The second-order valence-electron chi connectivity index (χ2n) is 13.3. The Hall–Kier alpha value is -2.64. The fourth-order valence-electron chi connectivity index (χ4n) is 8.42. The molecule has 10 nitrogen and oxygen atoms in total. The number of hydrogen-bond acceptors (Lipinski definition) is 12. The highest BCUT2D eigenvalue weighted by atomic mass is 32.2. The van der Waals surface area contributed by atoms with Gasteiger partial charge in [-0.2, -0.15) is 0 Å². The summed E-state index contributed by atoms with van der Waals surface area (Å²) in [4.78, 5) is 54.6. The van der Waals surface area contributed by atoms with Crippen LogP contribution in [0.1, 0.15) is 64.7 Å². The van der Waals surface area contributed by atoms with E-state index in [4.69, 9.17) is 31.2 Å². The van der Waals surface area contributed by atoms with E-state index in [2.05, 4.69) is 0 Å². The highest BCUT2D eigenvalue weighted by molar-refractivity contribution is 8.22. The number of benzene rings is 1. The first-order valence-electron chi connectivity index (χ1n) is 15.0. The first kappa shape index (κ1) is 33.7.